The van der Waals surface area contributed by atoms with Crippen LogP contribution in [-0.4, -0.2) is 30.6 Å². The molecular weight excluding hydrogens is 184 g/mol. The zero-order valence-electron chi connectivity index (χ0n) is 7.03. The molecular formula is C7H6N6O. The number of hydrogen-bond acceptors (Lipinski definition) is 5. The van der Waals surface area contributed by atoms with Gasteiger partial charge in [-0.3, -0.25) is 4.79 Å². The number of primary amides is 1. The first-order chi connectivity index (χ1) is 6.79. The highest BCUT2D eigenvalue weighted by Crippen LogP contribution is 2.04. The molecule has 1 amide bonds. The van der Waals surface area contributed by atoms with Crippen LogP contribution < -0.4 is 5.73 Å². The predicted molar refractivity (Wildman–Crippen MR) is 45.5 cm³/mol. The lowest BCUT2D eigenvalue weighted by Gasteiger charge is -2.01. The molecule has 0 unspecified atom stereocenters. The first-order valence-corrected chi connectivity index (χ1v) is 3.75. The predicted octanol–water partition coefficient (Wildman–Crippen LogP) is -0.844. The van der Waals surface area contributed by atoms with Gasteiger partial charge >= 0.3 is 0 Å². The van der Waals surface area contributed by atoms with Gasteiger partial charge in [-0.1, -0.05) is 0 Å². The fourth-order valence-corrected chi connectivity index (χ4v) is 0.990. The van der Waals surface area contributed by atoms with Gasteiger partial charge in [0, 0.05) is 12.4 Å². The third-order valence-corrected chi connectivity index (χ3v) is 1.55. The summed E-state index contributed by atoms with van der Waals surface area (Å²) in [7, 11) is 0. The van der Waals surface area contributed by atoms with Gasteiger partial charge in [-0.2, -0.15) is 5.10 Å². The Balaban J connectivity index is 2.58. The first kappa shape index (κ1) is 8.30. The van der Waals surface area contributed by atoms with Crippen molar-refractivity contribution in [2.45, 2.75) is 0 Å². The number of nitrogens with two attached hydrogens (primary N) is 1. The van der Waals surface area contributed by atoms with Crippen LogP contribution in [0.1, 0.15) is 10.5 Å². The van der Waals surface area contributed by atoms with Crippen LogP contribution in [0, 0.1) is 0 Å². The Morgan fingerprint density at radius 3 is 2.79 bits per heavy atom. The van der Waals surface area contributed by atoms with Gasteiger partial charge in [0.05, 0.1) is 0 Å². The largest absolute Gasteiger partial charge is 0.364 e. The molecule has 0 bridgehead atoms. The monoisotopic (exact) mass is 190 g/mol. The van der Waals surface area contributed by atoms with Crippen molar-refractivity contribution in [3.8, 4) is 5.82 Å². The van der Waals surface area contributed by atoms with Gasteiger partial charge in [-0.05, 0) is 0 Å². The fraction of sp³-hybridized carbons (Fsp3) is 0. The van der Waals surface area contributed by atoms with Crippen LogP contribution in [0.5, 0.6) is 0 Å². The molecule has 0 saturated heterocycles. The summed E-state index contributed by atoms with van der Waals surface area (Å²) >= 11 is 0. The second-order valence-electron chi connectivity index (χ2n) is 2.43. The lowest BCUT2D eigenvalue weighted by molar-refractivity contribution is 0.0995. The Bertz CT molecular complexity index is 451. The SMILES string of the molecule is NC(=O)c1nccnc1-n1cncn1. The zero-order valence-corrected chi connectivity index (χ0v) is 7.03. The van der Waals surface area contributed by atoms with Crippen LogP contribution >= 0.6 is 0 Å². The molecule has 7 nitrogen and oxygen atoms in total. The summed E-state index contributed by atoms with van der Waals surface area (Å²) in [6, 6.07) is 0. The topological polar surface area (TPSA) is 99.6 Å². The van der Waals surface area contributed by atoms with Gasteiger partial charge in [0.2, 0.25) is 0 Å². The Labute approximate surface area is 78.6 Å². The van der Waals surface area contributed by atoms with Crippen molar-refractivity contribution in [3.63, 3.8) is 0 Å². The number of amides is 1. The number of aromatic nitrogens is 5. The van der Waals surface area contributed by atoms with Crippen molar-refractivity contribution in [1.82, 2.24) is 24.7 Å². The number of nitrogens with zero attached hydrogens (tertiary/aromatic N) is 5. The van der Waals surface area contributed by atoms with E-state index in [0.717, 1.165) is 0 Å². The van der Waals surface area contributed by atoms with Gasteiger partial charge in [0.25, 0.3) is 5.91 Å². The average Bonchev–Trinajstić information content (AvgIpc) is 2.70. The molecule has 0 saturated carbocycles. The van der Waals surface area contributed by atoms with E-state index in [1.54, 1.807) is 0 Å². The maximum atomic E-state index is 11.0. The molecule has 2 rings (SSSR count). The van der Waals surface area contributed by atoms with E-state index < -0.39 is 5.91 Å². The maximum absolute atomic E-state index is 11.0. The Morgan fingerprint density at radius 2 is 2.14 bits per heavy atom. The summed E-state index contributed by atoms with van der Waals surface area (Å²) in [6.07, 6.45) is 5.58. The van der Waals surface area contributed by atoms with E-state index in [9.17, 15) is 4.79 Å². The Hall–Kier alpha value is -2.31. The van der Waals surface area contributed by atoms with Crippen LogP contribution in [0.15, 0.2) is 25.0 Å². The standard InChI is InChI=1S/C7H6N6O/c8-6(14)5-7(11-2-1-10-5)13-4-9-3-12-13/h1-4H,(H2,8,14). The normalized spacial score (nSPS) is 10.0. The van der Waals surface area contributed by atoms with Crippen molar-refractivity contribution in [3.05, 3.63) is 30.7 Å². The van der Waals surface area contributed by atoms with Gasteiger partial charge < -0.3 is 5.73 Å². The first-order valence-electron chi connectivity index (χ1n) is 3.75. The molecule has 7 heteroatoms. The van der Waals surface area contributed by atoms with E-state index >= 15 is 0 Å². The zero-order chi connectivity index (χ0) is 9.97. The molecule has 0 spiro atoms. The fourth-order valence-electron chi connectivity index (χ4n) is 0.990. The van der Waals surface area contributed by atoms with Gasteiger partial charge in [-0.25, -0.2) is 19.6 Å². The summed E-state index contributed by atoms with van der Waals surface area (Å²) in [4.78, 5) is 22.5. The molecule has 2 heterocycles. The van der Waals surface area contributed by atoms with Crippen molar-refractivity contribution in [1.29, 1.82) is 0 Å². The molecule has 2 N–H and O–H groups in total. The highest BCUT2D eigenvalue weighted by Gasteiger charge is 2.12. The van der Waals surface area contributed by atoms with Crippen molar-refractivity contribution >= 4 is 5.91 Å². The Kier molecular flexibility index (Phi) is 1.90. The van der Waals surface area contributed by atoms with Crippen molar-refractivity contribution in [2.75, 3.05) is 0 Å². The number of carbonyl (C=O) groups excluding carboxylic acids is 1. The molecule has 0 aliphatic rings. The molecule has 0 aromatic carbocycles. The molecule has 0 radical (unpaired) electrons. The number of hydrogen-bond donors (Lipinski definition) is 1. The third-order valence-electron chi connectivity index (χ3n) is 1.55. The molecule has 0 atom stereocenters. The van der Waals surface area contributed by atoms with Crippen LogP contribution in [0.2, 0.25) is 0 Å². The van der Waals surface area contributed by atoms with Gasteiger partial charge in [0.1, 0.15) is 12.7 Å². The lowest BCUT2D eigenvalue weighted by atomic mass is 10.4. The molecule has 0 fully saturated rings. The molecule has 2 aromatic rings. The number of rotatable bonds is 2. The van der Waals surface area contributed by atoms with E-state index in [1.807, 2.05) is 0 Å². The van der Waals surface area contributed by atoms with Crippen LogP contribution in [-0.2, 0) is 0 Å². The summed E-state index contributed by atoms with van der Waals surface area (Å²) in [5.41, 5.74) is 5.19. The number of carbonyl (C=O) groups is 1. The maximum Gasteiger partial charge on any atom is 0.271 e. The quantitative estimate of drug-likeness (QED) is 0.665. The van der Waals surface area contributed by atoms with Crippen LogP contribution in [0.4, 0.5) is 0 Å². The lowest BCUT2D eigenvalue weighted by Crippen LogP contribution is -2.17. The molecule has 0 aliphatic heterocycles. The summed E-state index contributed by atoms with van der Waals surface area (Å²) < 4.78 is 1.33. The molecule has 0 aliphatic carbocycles. The molecule has 70 valence electrons. The molecule has 14 heavy (non-hydrogen) atoms. The minimum atomic E-state index is -0.649. The van der Waals surface area contributed by atoms with Gasteiger partial charge in [0.15, 0.2) is 11.5 Å². The molecule has 2 aromatic heterocycles. The smallest absolute Gasteiger partial charge is 0.271 e. The highest BCUT2D eigenvalue weighted by atomic mass is 16.1. The van der Waals surface area contributed by atoms with E-state index in [4.69, 9.17) is 5.73 Å². The summed E-state index contributed by atoms with van der Waals surface area (Å²) in [6.45, 7) is 0. The van der Waals surface area contributed by atoms with Gasteiger partial charge in [-0.15, -0.1) is 0 Å². The second-order valence-corrected chi connectivity index (χ2v) is 2.43. The van der Waals surface area contributed by atoms with Crippen LogP contribution in [0.3, 0.4) is 0 Å². The summed E-state index contributed by atoms with van der Waals surface area (Å²) in [5, 5.41) is 3.82. The minimum absolute atomic E-state index is 0.0676. The highest BCUT2D eigenvalue weighted by molar-refractivity contribution is 5.93. The average molecular weight is 190 g/mol. The van der Waals surface area contributed by atoms with Crippen LogP contribution in [0.25, 0.3) is 5.82 Å². The van der Waals surface area contributed by atoms with Crippen molar-refractivity contribution < 1.29 is 4.79 Å². The Morgan fingerprint density at radius 1 is 1.36 bits per heavy atom. The van der Waals surface area contributed by atoms with E-state index in [1.165, 1.54) is 29.7 Å². The summed E-state index contributed by atoms with van der Waals surface area (Å²) in [5.74, 6) is -0.374. The van der Waals surface area contributed by atoms with E-state index in [-0.39, 0.29) is 11.5 Å². The minimum Gasteiger partial charge on any atom is -0.364 e. The second kappa shape index (κ2) is 3.21. The van der Waals surface area contributed by atoms with E-state index in [2.05, 4.69) is 20.1 Å². The third kappa shape index (κ3) is 1.30. The van der Waals surface area contributed by atoms with E-state index in [0.29, 0.717) is 0 Å². The van der Waals surface area contributed by atoms with Crippen molar-refractivity contribution in [2.24, 2.45) is 5.73 Å².